The summed E-state index contributed by atoms with van der Waals surface area (Å²) in [6.45, 7) is 8.98. The van der Waals surface area contributed by atoms with E-state index in [0.29, 0.717) is 25.4 Å². The second-order valence-corrected chi connectivity index (χ2v) is 7.90. The van der Waals surface area contributed by atoms with E-state index in [4.69, 9.17) is 9.47 Å². The highest BCUT2D eigenvalue weighted by atomic mass is 32.2. The molecule has 0 heterocycles. The van der Waals surface area contributed by atoms with Crippen LogP contribution in [0, 0.1) is 0 Å². The van der Waals surface area contributed by atoms with Crippen LogP contribution in [0.15, 0.2) is 0 Å². The molecule has 0 radical (unpaired) electrons. The van der Waals surface area contributed by atoms with Crippen LogP contribution in [0.3, 0.4) is 0 Å². The van der Waals surface area contributed by atoms with E-state index in [0.717, 1.165) is 12.8 Å². The molecule has 0 aliphatic carbocycles. The van der Waals surface area contributed by atoms with Crippen molar-refractivity contribution in [1.82, 2.24) is 10.6 Å². The zero-order chi connectivity index (χ0) is 17.9. The van der Waals surface area contributed by atoms with Gasteiger partial charge in [-0.2, -0.15) is 11.8 Å². The van der Waals surface area contributed by atoms with Crippen molar-refractivity contribution in [3.63, 3.8) is 0 Å². The maximum absolute atomic E-state index is 11.5. The lowest BCUT2D eigenvalue weighted by molar-refractivity contribution is 0.0525. The highest BCUT2D eigenvalue weighted by Gasteiger charge is 2.21. The summed E-state index contributed by atoms with van der Waals surface area (Å²) >= 11 is 1.62. The van der Waals surface area contributed by atoms with E-state index in [1.807, 2.05) is 34.0 Å². The monoisotopic (exact) mass is 350 g/mol. The van der Waals surface area contributed by atoms with Crippen LogP contribution in [0.1, 0.15) is 40.5 Å². The average molecular weight is 351 g/mol. The summed E-state index contributed by atoms with van der Waals surface area (Å²) in [5.74, 6) is 0.680. The topological polar surface area (TPSA) is 79.8 Å². The molecule has 6 nitrogen and oxygen atoms in total. The molecule has 0 bridgehead atoms. The van der Waals surface area contributed by atoms with Crippen molar-refractivity contribution in [3.8, 4) is 0 Å². The fourth-order valence-electron chi connectivity index (χ4n) is 2.02. The lowest BCUT2D eigenvalue weighted by Crippen LogP contribution is -2.45. The standard InChI is InChI=1S/C16H34N2O4S/c1-15(2,3)22-14(19)17-9-7-8-13(10-21-5)18-11-16(4,20)12-23-6/h13,18,20H,7-12H2,1-6H3,(H,17,19). The van der Waals surface area contributed by atoms with Gasteiger partial charge in [-0.1, -0.05) is 0 Å². The molecule has 1 amide bonds. The number of hydrogen-bond acceptors (Lipinski definition) is 6. The van der Waals surface area contributed by atoms with Gasteiger partial charge in [0.15, 0.2) is 0 Å². The maximum atomic E-state index is 11.5. The van der Waals surface area contributed by atoms with E-state index >= 15 is 0 Å². The maximum Gasteiger partial charge on any atom is 0.407 e. The molecule has 7 heteroatoms. The summed E-state index contributed by atoms with van der Waals surface area (Å²) < 4.78 is 10.4. The van der Waals surface area contributed by atoms with E-state index in [-0.39, 0.29) is 6.04 Å². The molecule has 2 atom stereocenters. The summed E-state index contributed by atoms with van der Waals surface area (Å²) in [5.41, 5.74) is -1.22. The molecule has 0 saturated carbocycles. The van der Waals surface area contributed by atoms with Gasteiger partial charge in [-0.25, -0.2) is 4.79 Å². The minimum atomic E-state index is -0.736. The number of ether oxygens (including phenoxy) is 2. The van der Waals surface area contributed by atoms with Crippen LogP contribution >= 0.6 is 11.8 Å². The number of carbonyl (C=O) groups is 1. The molecule has 23 heavy (non-hydrogen) atoms. The van der Waals surface area contributed by atoms with Crippen molar-refractivity contribution in [2.75, 3.05) is 38.8 Å². The van der Waals surface area contributed by atoms with Gasteiger partial charge in [0.25, 0.3) is 0 Å². The molecule has 0 fully saturated rings. The Labute approximate surface area is 145 Å². The Hall–Kier alpha value is -0.500. The van der Waals surface area contributed by atoms with Crippen molar-refractivity contribution in [1.29, 1.82) is 0 Å². The van der Waals surface area contributed by atoms with Gasteiger partial charge in [-0.3, -0.25) is 0 Å². The molecule has 0 aromatic heterocycles. The lowest BCUT2D eigenvalue weighted by atomic mass is 10.1. The third kappa shape index (κ3) is 13.6. The van der Waals surface area contributed by atoms with Crippen LogP contribution in [0.2, 0.25) is 0 Å². The van der Waals surface area contributed by atoms with Crippen molar-refractivity contribution >= 4 is 17.9 Å². The molecule has 138 valence electrons. The first-order chi connectivity index (χ1) is 10.6. The lowest BCUT2D eigenvalue weighted by Gasteiger charge is -2.26. The van der Waals surface area contributed by atoms with E-state index in [9.17, 15) is 9.90 Å². The van der Waals surface area contributed by atoms with Gasteiger partial charge >= 0.3 is 6.09 Å². The third-order valence-electron chi connectivity index (χ3n) is 2.99. The average Bonchev–Trinajstić information content (AvgIpc) is 2.38. The van der Waals surface area contributed by atoms with Crippen LogP contribution in [0.4, 0.5) is 4.79 Å². The number of alkyl carbamates (subject to hydrolysis) is 1. The number of methoxy groups -OCH3 is 1. The van der Waals surface area contributed by atoms with E-state index in [2.05, 4.69) is 10.6 Å². The number of hydrogen-bond donors (Lipinski definition) is 3. The Balaban J connectivity index is 4.03. The van der Waals surface area contributed by atoms with Crippen molar-refractivity contribution in [2.45, 2.75) is 57.8 Å². The van der Waals surface area contributed by atoms with E-state index < -0.39 is 17.3 Å². The first kappa shape index (κ1) is 22.5. The van der Waals surface area contributed by atoms with Crippen LogP contribution in [0.25, 0.3) is 0 Å². The molecule has 3 N–H and O–H groups in total. The van der Waals surface area contributed by atoms with Gasteiger partial charge < -0.3 is 25.2 Å². The van der Waals surface area contributed by atoms with Gasteiger partial charge in [0.2, 0.25) is 0 Å². The molecule has 0 spiro atoms. The Bertz CT molecular complexity index is 333. The number of nitrogens with one attached hydrogen (secondary N) is 2. The molecule has 0 aliphatic heterocycles. The smallest absolute Gasteiger partial charge is 0.407 e. The van der Waals surface area contributed by atoms with Crippen LogP contribution in [-0.4, -0.2) is 67.3 Å². The number of amides is 1. The highest BCUT2D eigenvalue weighted by Crippen LogP contribution is 2.10. The Morgan fingerprint density at radius 2 is 1.96 bits per heavy atom. The Morgan fingerprint density at radius 3 is 2.48 bits per heavy atom. The molecule has 2 unspecified atom stereocenters. The van der Waals surface area contributed by atoms with Crippen molar-refractivity contribution in [2.24, 2.45) is 0 Å². The number of carbonyl (C=O) groups excluding carboxylic acids is 1. The molecular formula is C16H34N2O4S. The van der Waals surface area contributed by atoms with E-state index in [1.165, 1.54) is 0 Å². The third-order valence-corrected chi connectivity index (χ3v) is 3.90. The first-order valence-electron chi connectivity index (χ1n) is 8.00. The minimum Gasteiger partial charge on any atom is -0.444 e. The molecule has 0 aromatic carbocycles. The molecule has 0 rings (SSSR count). The largest absolute Gasteiger partial charge is 0.444 e. The fourth-order valence-corrected chi connectivity index (χ4v) is 2.75. The summed E-state index contributed by atoms with van der Waals surface area (Å²) in [6, 6.07) is 0.147. The summed E-state index contributed by atoms with van der Waals surface area (Å²) in [4.78, 5) is 11.5. The fraction of sp³-hybridized carbons (Fsp3) is 0.938. The van der Waals surface area contributed by atoms with Gasteiger partial charge in [-0.05, 0) is 46.8 Å². The normalized spacial score (nSPS) is 15.8. The number of thioether (sulfide) groups is 1. The van der Waals surface area contributed by atoms with Crippen molar-refractivity contribution in [3.05, 3.63) is 0 Å². The second-order valence-electron chi connectivity index (χ2n) is 7.03. The van der Waals surface area contributed by atoms with Crippen molar-refractivity contribution < 1.29 is 19.4 Å². The van der Waals surface area contributed by atoms with Gasteiger partial charge in [-0.15, -0.1) is 0 Å². The van der Waals surface area contributed by atoms with Gasteiger partial charge in [0.05, 0.1) is 12.2 Å². The Kier molecular flexibility index (Phi) is 10.9. The number of rotatable bonds is 11. The van der Waals surface area contributed by atoms with E-state index in [1.54, 1.807) is 18.9 Å². The summed E-state index contributed by atoms with van der Waals surface area (Å²) in [5, 5.41) is 16.3. The number of aliphatic hydroxyl groups is 1. The molecule has 0 aliphatic rings. The zero-order valence-electron chi connectivity index (χ0n) is 15.4. The predicted octanol–water partition coefficient (Wildman–Crippen LogP) is 2.01. The van der Waals surface area contributed by atoms with Crippen LogP contribution in [-0.2, 0) is 9.47 Å². The SMILES string of the molecule is COCC(CCCNC(=O)OC(C)(C)C)NCC(C)(O)CSC. The summed E-state index contributed by atoms with van der Waals surface area (Å²) in [6.07, 6.45) is 3.24. The van der Waals surface area contributed by atoms with Crippen LogP contribution < -0.4 is 10.6 Å². The van der Waals surface area contributed by atoms with Gasteiger partial charge in [0, 0.05) is 32.0 Å². The quantitative estimate of drug-likeness (QED) is 0.495. The summed E-state index contributed by atoms with van der Waals surface area (Å²) in [7, 11) is 1.66. The predicted molar refractivity (Wildman–Crippen MR) is 96.1 cm³/mol. The first-order valence-corrected chi connectivity index (χ1v) is 9.39. The molecule has 0 saturated heterocycles. The molecule has 0 aromatic rings. The minimum absolute atomic E-state index is 0.147. The zero-order valence-corrected chi connectivity index (χ0v) is 16.2. The van der Waals surface area contributed by atoms with Gasteiger partial charge in [0.1, 0.15) is 5.60 Å². The molecular weight excluding hydrogens is 316 g/mol. The van der Waals surface area contributed by atoms with Crippen LogP contribution in [0.5, 0.6) is 0 Å². The highest BCUT2D eigenvalue weighted by molar-refractivity contribution is 7.98. The Morgan fingerprint density at radius 1 is 1.30 bits per heavy atom. The second kappa shape index (κ2) is 11.1.